The average Bonchev–Trinajstić information content (AvgIpc) is 2.74. The van der Waals surface area contributed by atoms with Crippen LogP contribution in [0.1, 0.15) is 20.8 Å². The molecule has 0 N–H and O–H groups in total. The number of carbonyl (C=O) groups is 2. The Morgan fingerprint density at radius 3 is 1.73 bits per heavy atom. The van der Waals surface area contributed by atoms with Gasteiger partial charge >= 0.3 is 0 Å². The first kappa shape index (κ1) is 21.8. The van der Waals surface area contributed by atoms with E-state index in [1.807, 2.05) is 0 Å². The highest BCUT2D eigenvalue weighted by Crippen LogP contribution is 2.44. The van der Waals surface area contributed by atoms with Crippen molar-refractivity contribution in [3.63, 3.8) is 0 Å². The van der Waals surface area contributed by atoms with Crippen LogP contribution in [0.2, 0.25) is 20.1 Å². The Morgan fingerprint density at radius 2 is 1.20 bits per heavy atom. The van der Waals surface area contributed by atoms with Crippen LogP contribution in [0.5, 0.6) is 0 Å². The normalized spacial score (nSPS) is 13.6. The second kappa shape index (κ2) is 8.95. The van der Waals surface area contributed by atoms with Crippen molar-refractivity contribution in [2.75, 3.05) is 0 Å². The third-order valence-electron chi connectivity index (χ3n) is 4.11. The van der Waals surface area contributed by atoms with E-state index >= 15 is 0 Å². The van der Waals surface area contributed by atoms with Gasteiger partial charge in [0.15, 0.2) is 0 Å². The first-order valence-electron chi connectivity index (χ1n) is 8.39. The van der Waals surface area contributed by atoms with Gasteiger partial charge in [0, 0.05) is 16.0 Å². The molecule has 2 aromatic carbocycles. The zero-order chi connectivity index (χ0) is 21.4. The first-order chi connectivity index (χ1) is 14.3. The molecular weight excluding hydrogens is 504 g/mol. The van der Waals surface area contributed by atoms with Gasteiger partial charge in [-0.15, -0.1) is 0 Å². The first-order valence-corrected chi connectivity index (χ1v) is 11.5. The molecule has 0 saturated carbocycles. The zero-order valence-corrected chi connectivity index (χ0v) is 19.4. The van der Waals surface area contributed by atoms with Crippen molar-refractivity contribution < 1.29 is 9.59 Å². The molecule has 1 aromatic heterocycles. The van der Waals surface area contributed by atoms with Crippen LogP contribution < -0.4 is 0 Å². The minimum atomic E-state index is -0.330. The molecule has 0 saturated heterocycles. The third kappa shape index (κ3) is 4.28. The van der Waals surface area contributed by atoms with Crippen LogP contribution >= 0.6 is 69.9 Å². The summed E-state index contributed by atoms with van der Waals surface area (Å²) in [6.07, 6.45) is 1.49. The Balaban J connectivity index is 1.82. The summed E-state index contributed by atoms with van der Waals surface area (Å²) in [5, 5.41) is 1.52. The number of rotatable bonds is 4. The van der Waals surface area contributed by atoms with E-state index in [1.165, 1.54) is 6.20 Å². The van der Waals surface area contributed by atoms with Gasteiger partial charge in [0.25, 0.3) is 0 Å². The van der Waals surface area contributed by atoms with Crippen molar-refractivity contribution >= 4 is 81.5 Å². The molecule has 0 fully saturated rings. The number of allylic oxidation sites excluding steroid dienone is 2. The molecule has 9 heteroatoms. The number of halogens is 4. The number of carbonyl (C=O) groups excluding carboxylic acids is 2. The van der Waals surface area contributed by atoms with E-state index in [0.717, 1.165) is 23.5 Å². The predicted octanol–water partition coefficient (Wildman–Crippen LogP) is 7.87. The van der Waals surface area contributed by atoms with Gasteiger partial charge in [0.1, 0.15) is 5.69 Å². The van der Waals surface area contributed by atoms with E-state index < -0.39 is 0 Å². The molecule has 1 aliphatic carbocycles. The molecular formula is C21H9Cl4NO2S2. The van der Waals surface area contributed by atoms with Crippen LogP contribution in [0.4, 0.5) is 0 Å². The number of aromatic nitrogens is 1. The van der Waals surface area contributed by atoms with Crippen LogP contribution in [-0.2, 0) is 0 Å². The summed E-state index contributed by atoms with van der Waals surface area (Å²) < 4.78 is 0. The molecule has 0 unspecified atom stereocenters. The molecule has 3 aromatic rings. The van der Waals surface area contributed by atoms with E-state index in [0.29, 0.717) is 29.9 Å². The molecule has 0 aliphatic heterocycles. The van der Waals surface area contributed by atoms with Crippen LogP contribution in [0.3, 0.4) is 0 Å². The summed E-state index contributed by atoms with van der Waals surface area (Å²) >= 11 is 26.5. The summed E-state index contributed by atoms with van der Waals surface area (Å²) in [6, 6.07) is 13.3. The Morgan fingerprint density at radius 1 is 0.667 bits per heavy atom. The van der Waals surface area contributed by atoms with Crippen molar-refractivity contribution in [2.45, 2.75) is 9.79 Å². The SMILES string of the molecule is O=C1C(Sc2ccc(Cl)c(Cl)c2)=C(Sc2ccc(Cl)c(Cl)c2)C(=O)c2ncccc21. The molecule has 1 heterocycles. The van der Waals surface area contributed by atoms with E-state index in [4.69, 9.17) is 46.4 Å². The van der Waals surface area contributed by atoms with Crippen LogP contribution in [0, 0.1) is 0 Å². The summed E-state index contributed by atoms with van der Waals surface area (Å²) in [5.74, 6) is -0.611. The van der Waals surface area contributed by atoms with E-state index in [-0.39, 0.29) is 32.6 Å². The Hall–Kier alpha value is -1.47. The summed E-state index contributed by atoms with van der Waals surface area (Å²) in [5.41, 5.74) is 0.395. The van der Waals surface area contributed by atoms with Crippen molar-refractivity contribution in [1.29, 1.82) is 0 Å². The smallest absolute Gasteiger partial charge is 0.220 e. The topological polar surface area (TPSA) is 47.0 Å². The molecule has 0 spiro atoms. The monoisotopic (exact) mass is 511 g/mol. The van der Waals surface area contributed by atoms with Crippen molar-refractivity contribution in [2.24, 2.45) is 0 Å². The molecule has 0 bridgehead atoms. The van der Waals surface area contributed by atoms with Crippen LogP contribution in [0.25, 0.3) is 0 Å². The highest BCUT2D eigenvalue weighted by atomic mass is 35.5. The van der Waals surface area contributed by atoms with Gasteiger partial charge in [-0.25, -0.2) is 0 Å². The number of pyridine rings is 1. The van der Waals surface area contributed by atoms with Crippen molar-refractivity contribution in [3.05, 3.63) is 95.9 Å². The maximum atomic E-state index is 13.2. The predicted molar refractivity (Wildman–Crippen MR) is 125 cm³/mol. The van der Waals surface area contributed by atoms with E-state index in [1.54, 1.807) is 48.5 Å². The molecule has 150 valence electrons. The fraction of sp³-hybridized carbons (Fsp3) is 0. The minimum Gasteiger partial charge on any atom is -0.288 e. The number of fused-ring (bicyclic) bond motifs is 1. The molecule has 0 amide bonds. The lowest BCUT2D eigenvalue weighted by Gasteiger charge is -2.19. The second-order valence-corrected chi connectivity index (χ2v) is 9.87. The standard InChI is InChI=1S/C21H9Cl4NO2S2/c22-13-5-3-10(8-15(13)24)29-20-18(27)12-2-1-7-26-17(12)19(28)21(20)30-11-4-6-14(23)16(25)9-11/h1-9H. The molecule has 0 atom stereocenters. The van der Waals surface area contributed by atoms with Gasteiger partial charge < -0.3 is 0 Å². The Bertz CT molecular complexity index is 1150. The summed E-state index contributed by atoms with van der Waals surface area (Å²) in [4.78, 5) is 32.5. The summed E-state index contributed by atoms with van der Waals surface area (Å²) in [7, 11) is 0. The minimum absolute atomic E-state index is 0.128. The number of nitrogens with zero attached hydrogens (tertiary/aromatic N) is 1. The van der Waals surface area contributed by atoms with Gasteiger partial charge in [0.05, 0.1) is 35.5 Å². The average molecular weight is 513 g/mol. The largest absolute Gasteiger partial charge is 0.288 e. The number of thioether (sulfide) groups is 2. The molecule has 3 nitrogen and oxygen atoms in total. The van der Waals surface area contributed by atoms with E-state index in [9.17, 15) is 9.59 Å². The van der Waals surface area contributed by atoms with Crippen molar-refractivity contribution in [3.8, 4) is 0 Å². The molecule has 4 rings (SSSR count). The highest BCUT2D eigenvalue weighted by molar-refractivity contribution is 8.08. The summed E-state index contributed by atoms with van der Waals surface area (Å²) in [6.45, 7) is 0. The van der Waals surface area contributed by atoms with Gasteiger partial charge in [-0.2, -0.15) is 0 Å². The van der Waals surface area contributed by atoms with Gasteiger partial charge in [-0.1, -0.05) is 69.9 Å². The fourth-order valence-electron chi connectivity index (χ4n) is 2.71. The lowest BCUT2D eigenvalue weighted by Crippen LogP contribution is -2.21. The molecule has 30 heavy (non-hydrogen) atoms. The zero-order valence-electron chi connectivity index (χ0n) is 14.8. The number of Topliss-reactive ketones (excluding diaryl/α,β-unsaturated/α-hetero) is 2. The lowest BCUT2D eigenvalue weighted by molar-refractivity contribution is 0.0984. The Labute approximate surface area is 200 Å². The third-order valence-corrected chi connectivity index (χ3v) is 7.88. The van der Waals surface area contributed by atoms with Gasteiger partial charge in [-0.3, -0.25) is 14.6 Å². The maximum Gasteiger partial charge on any atom is 0.220 e. The molecule has 0 radical (unpaired) electrons. The van der Waals surface area contributed by atoms with Gasteiger partial charge in [0.2, 0.25) is 11.6 Å². The number of hydrogen-bond acceptors (Lipinski definition) is 5. The van der Waals surface area contributed by atoms with E-state index in [2.05, 4.69) is 4.98 Å². The second-order valence-electron chi connectivity index (χ2n) is 6.07. The lowest BCUT2D eigenvalue weighted by atomic mass is 10.00. The van der Waals surface area contributed by atoms with Gasteiger partial charge in [-0.05, 0) is 48.5 Å². The van der Waals surface area contributed by atoms with Crippen LogP contribution in [0.15, 0.2) is 74.3 Å². The number of hydrogen-bond donors (Lipinski definition) is 0. The molecule has 1 aliphatic rings. The maximum absolute atomic E-state index is 13.2. The highest BCUT2D eigenvalue weighted by Gasteiger charge is 2.34. The fourth-order valence-corrected chi connectivity index (χ4v) is 5.54. The number of ketones is 2. The van der Waals surface area contributed by atoms with Crippen molar-refractivity contribution in [1.82, 2.24) is 4.98 Å². The quantitative estimate of drug-likeness (QED) is 0.355. The Kier molecular flexibility index (Phi) is 6.49. The number of benzene rings is 2. The van der Waals surface area contributed by atoms with Crippen LogP contribution in [-0.4, -0.2) is 16.6 Å².